The lowest BCUT2D eigenvalue weighted by Gasteiger charge is -2.32. The lowest BCUT2D eigenvalue weighted by atomic mass is 10.0. The van der Waals surface area contributed by atoms with Crippen LogP contribution in [0.2, 0.25) is 0 Å². The fourth-order valence-electron chi connectivity index (χ4n) is 2.57. The van der Waals surface area contributed by atoms with Crippen LogP contribution in [0.3, 0.4) is 0 Å². The Hall–Kier alpha value is -0.0400. The number of hydrogen-bond acceptors (Lipinski definition) is 2. The molecule has 0 radical (unpaired) electrons. The highest BCUT2D eigenvalue weighted by Crippen LogP contribution is 2.14. The molecule has 1 fully saturated rings. The fourth-order valence-corrected chi connectivity index (χ4v) is 2.57. The molecule has 0 aromatic rings. The van der Waals surface area contributed by atoms with E-state index in [-0.39, 0.29) is 24.0 Å². The Bertz CT molecular complexity index is 268. The van der Waals surface area contributed by atoms with Crippen molar-refractivity contribution in [3.63, 3.8) is 0 Å². The van der Waals surface area contributed by atoms with Gasteiger partial charge in [0.1, 0.15) is 0 Å². The van der Waals surface area contributed by atoms with E-state index in [0.717, 1.165) is 44.6 Å². The number of likely N-dealkylation sites (tertiary alicyclic amines) is 1. The maximum atomic E-state index is 6.07. The van der Waals surface area contributed by atoms with Crippen LogP contribution in [0.1, 0.15) is 40.5 Å². The third-order valence-corrected chi connectivity index (χ3v) is 3.78. The summed E-state index contributed by atoms with van der Waals surface area (Å²) in [6.07, 6.45) is 2.56. The number of rotatable bonds is 5. The Morgan fingerprint density at radius 1 is 1.47 bits per heavy atom. The molecule has 0 aliphatic carbocycles. The normalized spacial score (nSPS) is 20.8. The average Bonchev–Trinajstić information content (AvgIpc) is 2.34. The van der Waals surface area contributed by atoms with E-state index >= 15 is 0 Å². The molecule has 0 amide bonds. The maximum Gasteiger partial charge on any atom is 0.191 e. The van der Waals surface area contributed by atoms with Gasteiger partial charge in [-0.25, -0.2) is 0 Å². The van der Waals surface area contributed by atoms with E-state index in [1.807, 2.05) is 0 Å². The van der Waals surface area contributed by atoms with E-state index in [2.05, 4.69) is 42.5 Å². The molecule has 114 valence electrons. The third-order valence-electron chi connectivity index (χ3n) is 3.78. The monoisotopic (exact) mass is 382 g/mol. The van der Waals surface area contributed by atoms with Crippen LogP contribution in [0, 0.1) is 5.92 Å². The molecule has 19 heavy (non-hydrogen) atoms. The number of halogens is 1. The molecule has 1 unspecified atom stereocenters. The van der Waals surface area contributed by atoms with Crippen molar-refractivity contribution < 1.29 is 0 Å². The molecule has 2 N–H and O–H groups in total. The molecule has 1 atom stereocenters. The van der Waals surface area contributed by atoms with Crippen molar-refractivity contribution in [3.8, 4) is 0 Å². The zero-order valence-electron chi connectivity index (χ0n) is 12.9. The quantitative estimate of drug-likeness (QED) is 0.451. The molecule has 0 bridgehead atoms. The van der Waals surface area contributed by atoms with Gasteiger partial charge in [0.25, 0.3) is 0 Å². The minimum absolute atomic E-state index is 0. The molecule has 4 nitrogen and oxygen atoms in total. The predicted molar refractivity (Wildman–Crippen MR) is 94.3 cm³/mol. The van der Waals surface area contributed by atoms with Crippen LogP contribution in [0.5, 0.6) is 0 Å². The van der Waals surface area contributed by atoms with Crippen LogP contribution in [-0.4, -0.2) is 54.5 Å². The number of nitrogens with zero attached hydrogens (tertiary/aromatic N) is 3. The van der Waals surface area contributed by atoms with Gasteiger partial charge in [0.15, 0.2) is 5.96 Å². The first-order valence-electron chi connectivity index (χ1n) is 7.33. The van der Waals surface area contributed by atoms with Crippen molar-refractivity contribution in [1.82, 2.24) is 9.80 Å². The predicted octanol–water partition coefficient (Wildman–Crippen LogP) is 2.38. The van der Waals surface area contributed by atoms with E-state index in [1.165, 1.54) is 12.8 Å². The highest BCUT2D eigenvalue weighted by Gasteiger charge is 2.17. The van der Waals surface area contributed by atoms with E-state index in [4.69, 9.17) is 5.73 Å². The van der Waals surface area contributed by atoms with Gasteiger partial charge < -0.3 is 10.6 Å². The number of guanidine groups is 1. The lowest BCUT2D eigenvalue weighted by Crippen LogP contribution is -2.44. The van der Waals surface area contributed by atoms with Crippen molar-refractivity contribution >= 4 is 29.9 Å². The zero-order valence-corrected chi connectivity index (χ0v) is 15.3. The molecule has 1 heterocycles. The summed E-state index contributed by atoms with van der Waals surface area (Å²) in [5, 5.41) is 0. The van der Waals surface area contributed by atoms with Crippen molar-refractivity contribution in [3.05, 3.63) is 0 Å². The van der Waals surface area contributed by atoms with Crippen LogP contribution in [0.25, 0.3) is 0 Å². The number of aliphatic imine (C=N–C) groups is 1. The van der Waals surface area contributed by atoms with Gasteiger partial charge in [0.05, 0.1) is 6.54 Å². The molecule has 0 saturated carbocycles. The highest BCUT2D eigenvalue weighted by atomic mass is 127. The molecule has 0 spiro atoms. The minimum atomic E-state index is 0. The second-order valence-electron chi connectivity index (χ2n) is 5.66. The van der Waals surface area contributed by atoms with Gasteiger partial charge in [0, 0.05) is 25.7 Å². The summed E-state index contributed by atoms with van der Waals surface area (Å²) in [6.45, 7) is 14.0. The van der Waals surface area contributed by atoms with Gasteiger partial charge in [-0.1, -0.05) is 13.8 Å². The Labute approximate surface area is 135 Å². The third kappa shape index (κ3) is 6.79. The molecule has 5 heteroatoms. The standard InChI is InChI=1S/C14H30N4.HI/c1-5-17(12(2)3)10-8-16-14(15)18-9-6-7-13(4)11-18;/h12-13H,5-11H2,1-4H3,(H2,15,16);1H. The lowest BCUT2D eigenvalue weighted by molar-refractivity contribution is 0.239. The first kappa shape index (κ1) is 19.0. The van der Waals surface area contributed by atoms with E-state index in [0.29, 0.717) is 6.04 Å². The Morgan fingerprint density at radius 3 is 2.68 bits per heavy atom. The van der Waals surface area contributed by atoms with Gasteiger partial charge in [-0.05, 0) is 39.2 Å². The number of piperidine rings is 1. The van der Waals surface area contributed by atoms with Crippen LogP contribution in [0.15, 0.2) is 4.99 Å². The van der Waals surface area contributed by atoms with Gasteiger partial charge in [-0.15, -0.1) is 24.0 Å². The Balaban J connectivity index is 0.00000324. The highest BCUT2D eigenvalue weighted by molar-refractivity contribution is 14.0. The summed E-state index contributed by atoms with van der Waals surface area (Å²) in [7, 11) is 0. The van der Waals surface area contributed by atoms with Crippen molar-refractivity contribution in [2.75, 3.05) is 32.7 Å². The van der Waals surface area contributed by atoms with Crippen LogP contribution >= 0.6 is 24.0 Å². The minimum Gasteiger partial charge on any atom is -0.370 e. The fraction of sp³-hybridized carbons (Fsp3) is 0.929. The summed E-state index contributed by atoms with van der Waals surface area (Å²) in [5.41, 5.74) is 6.07. The molecule has 1 aliphatic heterocycles. The van der Waals surface area contributed by atoms with Gasteiger partial charge in [-0.2, -0.15) is 0 Å². The van der Waals surface area contributed by atoms with Crippen LogP contribution in [0.4, 0.5) is 0 Å². The largest absolute Gasteiger partial charge is 0.370 e. The summed E-state index contributed by atoms with van der Waals surface area (Å²) in [5.74, 6) is 1.48. The Morgan fingerprint density at radius 2 is 2.16 bits per heavy atom. The second kappa shape index (κ2) is 9.80. The average molecular weight is 382 g/mol. The summed E-state index contributed by atoms with van der Waals surface area (Å²) >= 11 is 0. The summed E-state index contributed by atoms with van der Waals surface area (Å²) in [6, 6.07) is 0.585. The van der Waals surface area contributed by atoms with Crippen LogP contribution < -0.4 is 5.73 Å². The van der Waals surface area contributed by atoms with Gasteiger partial charge in [-0.3, -0.25) is 9.89 Å². The summed E-state index contributed by atoms with van der Waals surface area (Å²) in [4.78, 5) is 9.18. The molecular formula is C14H31IN4. The van der Waals surface area contributed by atoms with Crippen molar-refractivity contribution in [1.29, 1.82) is 0 Å². The van der Waals surface area contributed by atoms with Crippen LogP contribution in [-0.2, 0) is 0 Å². The summed E-state index contributed by atoms with van der Waals surface area (Å²) < 4.78 is 0. The first-order valence-corrected chi connectivity index (χ1v) is 7.33. The molecular weight excluding hydrogens is 351 g/mol. The second-order valence-corrected chi connectivity index (χ2v) is 5.66. The molecule has 1 saturated heterocycles. The van der Waals surface area contributed by atoms with Gasteiger partial charge in [0.2, 0.25) is 0 Å². The number of likely N-dealkylation sites (N-methyl/N-ethyl adjacent to an activating group) is 1. The SMILES string of the molecule is CCN(CCN=C(N)N1CCCC(C)C1)C(C)C.I. The van der Waals surface area contributed by atoms with Crippen molar-refractivity contribution in [2.45, 2.75) is 46.6 Å². The smallest absolute Gasteiger partial charge is 0.191 e. The molecule has 1 rings (SSSR count). The Kier molecular flexibility index (Phi) is 9.78. The topological polar surface area (TPSA) is 44.9 Å². The van der Waals surface area contributed by atoms with Crippen molar-refractivity contribution in [2.24, 2.45) is 16.6 Å². The maximum absolute atomic E-state index is 6.07. The number of nitrogens with two attached hydrogens (primary N) is 1. The first-order chi connectivity index (χ1) is 8.54. The molecule has 0 aromatic carbocycles. The zero-order chi connectivity index (χ0) is 13.5. The molecule has 0 aromatic heterocycles. The number of hydrogen-bond donors (Lipinski definition) is 1. The van der Waals surface area contributed by atoms with Gasteiger partial charge >= 0.3 is 0 Å². The van der Waals surface area contributed by atoms with E-state index in [9.17, 15) is 0 Å². The van der Waals surface area contributed by atoms with E-state index in [1.54, 1.807) is 0 Å². The molecule has 1 aliphatic rings. The van der Waals surface area contributed by atoms with E-state index < -0.39 is 0 Å².